The van der Waals surface area contributed by atoms with Gasteiger partial charge in [-0.05, 0) is 18.2 Å². The molecular weight excluding hydrogens is 282 g/mol. The number of aromatic nitrogens is 2. The largest absolute Gasteiger partial charge is 0.289 e. The summed E-state index contributed by atoms with van der Waals surface area (Å²) in [6.45, 7) is 0. The van der Waals surface area contributed by atoms with Crippen LogP contribution in [0.15, 0.2) is 39.6 Å². The summed E-state index contributed by atoms with van der Waals surface area (Å²) in [5.41, 5.74) is -0.385. The number of hydrogen-bond acceptors (Lipinski definition) is 1. The lowest BCUT2D eigenvalue weighted by Crippen LogP contribution is -2.13. The molecule has 0 aliphatic heterocycles. The molecule has 0 bridgehead atoms. The van der Waals surface area contributed by atoms with Gasteiger partial charge < -0.3 is 0 Å². The molecule has 0 aliphatic rings. The van der Waals surface area contributed by atoms with E-state index in [1.54, 1.807) is 24.3 Å². The second-order valence-corrected chi connectivity index (χ2v) is 4.08. The Kier molecular flexibility index (Phi) is 2.91. The lowest BCUT2D eigenvalue weighted by Gasteiger charge is -2.02. The first-order valence-corrected chi connectivity index (χ1v) is 5.23. The van der Waals surface area contributed by atoms with Gasteiger partial charge in [-0.2, -0.15) is 0 Å². The molecule has 1 heterocycles. The summed E-state index contributed by atoms with van der Waals surface area (Å²) >= 11 is 3.24. The standard InChI is InChI=1S/C10H7BrF2N2O/c11-6-2-1-3-7(4-6)15-9(16)5-8(14-15)10(12)13/h1-5,10,14H. The minimum atomic E-state index is -2.68. The highest BCUT2D eigenvalue weighted by atomic mass is 79.9. The summed E-state index contributed by atoms with van der Waals surface area (Å²) in [7, 11) is 0. The van der Waals surface area contributed by atoms with Crippen molar-refractivity contribution < 1.29 is 8.78 Å². The van der Waals surface area contributed by atoms with Gasteiger partial charge >= 0.3 is 0 Å². The fraction of sp³-hybridized carbons (Fsp3) is 0.100. The Morgan fingerprint density at radius 1 is 1.31 bits per heavy atom. The number of aromatic amines is 1. The molecule has 1 N–H and O–H groups in total. The summed E-state index contributed by atoms with van der Waals surface area (Å²) < 4.78 is 26.6. The van der Waals surface area contributed by atoms with Crippen molar-refractivity contribution in [3.8, 4) is 5.69 Å². The van der Waals surface area contributed by atoms with E-state index in [1.807, 2.05) is 0 Å². The van der Waals surface area contributed by atoms with Gasteiger partial charge in [-0.3, -0.25) is 9.89 Å². The van der Waals surface area contributed by atoms with Gasteiger partial charge in [-0.25, -0.2) is 13.5 Å². The molecule has 16 heavy (non-hydrogen) atoms. The second kappa shape index (κ2) is 4.21. The van der Waals surface area contributed by atoms with Gasteiger partial charge in [0.15, 0.2) is 0 Å². The molecule has 2 rings (SSSR count). The first kappa shape index (κ1) is 11.1. The molecular formula is C10H7BrF2N2O. The van der Waals surface area contributed by atoms with E-state index in [0.29, 0.717) is 5.69 Å². The van der Waals surface area contributed by atoms with E-state index in [2.05, 4.69) is 21.0 Å². The molecule has 0 amide bonds. The molecule has 0 aliphatic carbocycles. The van der Waals surface area contributed by atoms with E-state index in [-0.39, 0.29) is 5.69 Å². The number of alkyl halides is 2. The van der Waals surface area contributed by atoms with Crippen molar-refractivity contribution in [2.75, 3.05) is 0 Å². The van der Waals surface area contributed by atoms with E-state index in [9.17, 15) is 13.6 Å². The number of halogens is 3. The third-order valence-electron chi connectivity index (χ3n) is 2.04. The minimum Gasteiger partial charge on any atom is -0.289 e. The van der Waals surface area contributed by atoms with Crippen molar-refractivity contribution in [2.45, 2.75) is 6.43 Å². The van der Waals surface area contributed by atoms with E-state index >= 15 is 0 Å². The van der Waals surface area contributed by atoms with Gasteiger partial charge in [0.05, 0.1) is 5.69 Å². The molecule has 6 heteroatoms. The third kappa shape index (κ3) is 2.06. The highest BCUT2D eigenvalue weighted by Gasteiger charge is 2.12. The number of nitrogens with zero attached hydrogens (tertiary/aromatic N) is 1. The normalized spacial score (nSPS) is 11.0. The zero-order valence-corrected chi connectivity index (χ0v) is 9.54. The summed E-state index contributed by atoms with van der Waals surface area (Å²) in [5, 5.41) is 2.36. The van der Waals surface area contributed by atoms with Crippen molar-refractivity contribution in [2.24, 2.45) is 0 Å². The fourth-order valence-corrected chi connectivity index (χ4v) is 1.72. The molecule has 84 valence electrons. The van der Waals surface area contributed by atoms with Crippen molar-refractivity contribution in [1.29, 1.82) is 0 Å². The molecule has 1 aromatic heterocycles. The molecule has 0 spiro atoms. The van der Waals surface area contributed by atoms with Crippen LogP contribution in [0.3, 0.4) is 0 Å². The Hall–Kier alpha value is -1.43. The molecule has 0 saturated carbocycles. The number of rotatable bonds is 2. The van der Waals surface area contributed by atoms with Crippen LogP contribution in [0.4, 0.5) is 8.78 Å². The number of nitrogens with one attached hydrogen (secondary N) is 1. The molecule has 0 unspecified atom stereocenters. The Balaban J connectivity index is 2.52. The average Bonchev–Trinajstić information content (AvgIpc) is 2.60. The van der Waals surface area contributed by atoms with Crippen molar-refractivity contribution >= 4 is 15.9 Å². The zero-order chi connectivity index (χ0) is 11.7. The lowest BCUT2D eigenvalue weighted by atomic mass is 10.3. The Bertz CT molecular complexity index is 562. The predicted octanol–water partition coefficient (Wildman–Crippen LogP) is 2.87. The van der Waals surface area contributed by atoms with E-state index in [0.717, 1.165) is 15.2 Å². The summed E-state index contributed by atoms with van der Waals surface area (Å²) in [5.74, 6) is 0. The summed E-state index contributed by atoms with van der Waals surface area (Å²) in [6.07, 6.45) is -2.68. The predicted molar refractivity (Wildman–Crippen MR) is 59.0 cm³/mol. The zero-order valence-electron chi connectivity index (χ0n) is 7.95. The number of benzene rings is 1. The summed E-state index contributed by atoms with van der Waals surface area (Å²) in [6, 6.07) is 7.71. The molecule has 3 nitrogen and oxygen atoms in total. The molecule has 2 aromatic rings. The maximum Gasteiger partial charge on any atom is 0.279 e. The summed E-state index contributed by atoms with van der Waals surface area (Å²) in [4.78, 5) is 11.4. The van der Waals surface area contributed by atoms with Crippen LogP contribution >= 0.6 is 15.9 Å². The maximum atomic E-state index is 12.4. The number of hydrogen-bond donors (Lipinski definition) is 1. The topological polar surface area (TPSA) is 37.8 Å². The molecule has 0 radical (unpaired) electrons. The van der Waals surface area contributed by atoms with Crippen LogP contribution < -0.4 is 5.56 Å². The highest BCUT2D eigenvalue weighted by Crippen LogP contribution is 2.17. The third-order valence-corrected chi connectivity index (χ3v) is 2.54. The fourth-order valence-electron chi connectivity index (χ4n) is 1.33. The molecule has 1 aromatic carbocycles. The molecule has 0 saturated heterocycles. The Morgan fingerprint density at radius 3 is 2.62 bits per heavy atom. The van der Waals surface area contributed by atoms with Crippen LogP contribution in [0.5, 0.6) is 0 Å². The lowest BCUT2D eigenvalue weighted by molar-refractivity contribution is 0.145. The highest BCUT2D eigenvalue weighted by molar-refractivity contribution is 9.10. The van der Waals surface area contributed by atoms with E-state index in [4.69, 9.17) is 0 Å². The van der Waals surface area contributed by atoms with Crippen LogP contribution in [0.25, 0.3) is 5.69 Å². The van der Waals surface area contributed by atoms with Crippen molar-refractivity contribution in [3.63, 3.8) is 0 Å². The van der Waals surface area contributed by atoms with Crippen molar-refractivity contribution in [1.82, 2.24) is 9.78 Å². The van der Waals surface area contributed by atoms with E-state index in [1.165, 1.54) is 0 Å². The van der Waals surface area contributed by atoms with Crippen LogP contribution in [-0.2, 0) is 0 Å². The van der Waals surface area contributed by atoms with Gasteiger partial charge in [0.2, 0.25) is 0 Å². The van der Waals surface area contributed by atoms with Gasteiger partial charge in [0, 0.05) is 10.5 Å². The Labute approximate surface area is 97.8 Å². The monoisotopic (exact) mass is 288 g/mol. The SMILES string of the molecule is O=c1cc(C(F)F)[nH]n1-c1cccc(Br)c1. The maximum absolute atomic E-state index is 12.4. The first-order chi connectivity index (χ1) is 7.58. The van der Waals surface area contributed by atoms with Crippen LogP contribution in [0, 0.1) is 0 Å². The van der Waals surface area contributed by atoms with Crippen LogP contribution in [0.2, 0.25) is 0 Å². The second-order valence-electron chi connectivity index (χ2n) is 3.17. The van der Waals surface area contributed by atoms with Crippen LogP contribution in [-0.4, -0.2) is 9.78 Å². The Morgan fingerprint density at radius 2 is 2.06 bits per heavy atom. The molecule has 0 atom stereocenters. The average molecular weight is 289 g/mol. The van der Waals surface area contributed by atoms with Gasteiger partial charge in [0.25, 0.3) is 12.0 Å². The first-order valence-electron chi connectivity index (χ1n) is 4.44. The van der Waals surface area contributed by atoms with Crippen molar-refractivity contribution in [3.05, 3.63) is 50.9 Å². The molecule has 0 fully saturated rings. The van der Waals surface area contributed by atoms with Gasteiger partial charge in [-0.1, -0.05) is 22.0 Å². The van der Waals surface area contributed by atoms with Crippen LogP contribution in [0.1, 0.15) is 12.1 Å². The van der Waals surface area contributed by atoms with Gasteiger partial charge in [0.1, 0.15) is 5.69 Å². The van der Waals surface area contributed by atoms with E-state index < -0.39 is 12.0 Å². The number of H-pyrrole nitrogens is 1. The smallest absolute Gasteiger partial charge is 0.279 e. The quantitative estimate of drug-likeness (QED) is 0.907. The van der Waals surface area contributed by atoms with Gasteiger partial charge in [-0.15, -0.1) is 0 Å². The minimum absolute atomic E-state index is 0.384.